The highest BCUT2D eigenvalue weighted by Gasteiger charge is 2.16. The molecule has 1 aromatic heterocycles. The van der Waals surface area contributed by atoms with Gasteiger partial charge in [-0.3, -0.25) is 25.0 Å². The predicted octanol–water partition coefficient (Wildman–Crippen LogP) is 3.73. The van der Waals surface area contributed by atoms with Crippen LogP contribution in [0.3, 0.4) is 0 Å². The van der Waals surface area contributed by atoms with Gasteiger partial charge in [-0.1, -0.05) is 19.1 Å². The van der Waals surface area contributed by atoms with Crippen molar-refractivity contribution in [1.82, 2.24) is 15.0 Å². The van der Waals surface area contributed by atoms with Gasteiger partial charge in [0.15, 0.2) is 11.5 Å². The molecule has 1 heterocycles. The van der Waals surface area contributed by atoms with E-state index < -0.39 is 5.91 Å². The summed E-state index contributed by atoms with van der Waals surface area (Å²) in [5.74, 6) is 0.821. The molecule has 0 saturated heterocycles. The van der Waals surface area contributed by atoms with E-state index in [1.165, 1.54) is 11.7 Å². The average molecular weight is 475 g/mol. The molecule has 0 fully saturated rings. The fourth-order valence-corrected chi connectivity index (χ4v) is 3.49. The van der Waals surface area contributed by atoms with Crippen LogP contribution in [0.15, 0.2) is 45.7 Å². The smallest absolute Gasteiger partial charge is 0.269 e. The summed E-state index contributed by atoms with van der Waals surface area (Å²) >= 11 is 3.43. The summed E-state index contributed by atoms with van der Waals surface area (Å²) in [4.78, 5) is 29.8. The Morgan fingerprint density at radius 2 is 2.00 bits per heavy atom. The maximum absolute atomic E-state index is 12.7. The van der Waals surface area contributed by atoms with E-state index in [0.717, 1.165) is 6.42 Å². The van der Waals surface area contributed by atoms with Crippen LogP contribution in [0, 0.1) is 0 Å². The SMILES string of the molecule is CCCOc1c(Br)cc(C(=O)NNc2nc3ccccc3c(=O)n2CC)cc1OC. The van der Waals surface area contributed by atoms with Crippen LogP contribution in [0.4, 0.5) is 5.95 Å². The molecule has 30 heavy (non-hydrogen) atoms. The van der Waals surface area contributed by atoms with Gasteiger partial charge in [0.1, 0.15) is 0 Å². The van der Waals surface area contributed by atoms with Crippen molar-refractivity contribution >= 4 is 38.7 Å². The van der Waals surface area contributed by atoms with Crippen molar-refractivity contribution in [3.63, 3.8) is 0 Å². The largest absolute Gasteiger partial charge is 0.493 e. The predicted molar refractivity (Wildman–Crippen MR) is 119 cm³/mol. The van der Waals surface area contributed by atoms with Crippen molar-refractivity contribution in [2.24, 2.45) is 0 Å². The third kappa shape index (κ3) is 4.40. The lowest BCUT2D eigenvalue weighted by atomic mass is 10.2. The first-order valence-electron chi connectivity index (χ1n) is 9.56. The van der Waals surface area contributed by atoms with Crippen molar-refractivity contribution in [3.8, 4) is 11.5 Å². The lowest BCUT2D eigenvalue weighted by molar-refractivity contribution is 0.0961. The van der Waals surface area contributed by atoms with E-state index in [2.05, 4.69) is 31.8 Å². The van der Waals surface area contributed by atoms with Crippen LogP contribution in [0.2, 0.25) is 0 Å². The second-order valence-electron chi connectivity index (χ2n) is 6.42. The topological polar surface area (TPSA) is 94.5 Å². The molecule has 158 valence electrons. The molecule has 9 heteroatoms. The molecule has 2 aromatic carbocycles. The number of para-hydroxylation sites is 1. The van der Waals surface area contributed by atoms with Crippen LogP contribution in [-0.2, 0) is 6.54 Å². The summed E-state index contributed by atoms with van der Waals surface area (Å²) in [6, 6.07) is 10.3. The summed E-state index contributed by atoms with van der Waals surface area (Å²) in [7, 11) is 1.51. The molecule has 0 aliphatic carbocycles. The third-order valence-electron chi connectivity index (χ3n) is 4.41. The van der Waals surface area contributed by atoms with Crippen LogP contribution in [0.25, 0.3) is 10.9 Å². The number of hydrogen-bond acceptors (Lipinski definition) is 6. The van der Waals surface area contributed by atoms with Crippen molar-refractivity contribution in [3.05, 3.63) is 56.8 Å². The summed E-state index contributed by atoms with van der Waals surface area (Å²) < 4.78 is 13.1. The lowest BCUT2D eigenvalue weighted by Gasteiger charge is -2.16. The van der Waals surface area contributed by atoms with Gasteiger partial charge in [0.05, 0.1) is 29.1 Å². The maximum Gasteiger partial charge on any atom is 0.269 e. The number of halogens is 1. The van der Waals surface area contributed by atoms with Crippen molar-refractivity contribution in [2.75, 3.05) is 19.1 Å². The Morgan fingerprint density at radius 1 is 1.23 bits per heavy atom. The van der Waals surface area contributed by atoms with Crippen LogP contribution < -0.4 is 25.9 Å². The van der Waals surface area contributed by atoms with Gasteiger partial charge in [-0.2, -0.15) is 0 Å². The number of aromatic nitrogens is 2. The van der Waals surface area contributed by atoms with Gasteiger partial charge < -0.3 is 9.47 Å². The Labute approximate surface area is 182 Å². The Kier molecular flexibility index (Phi) is 6.94. The zero-order chi connectivity index (χ0) is 21.7. The highest BCUT2D eigenvalue weighted by Crippen LogP contribution is 2.36. The molecular formula is C21H23BrN4O4. The van der Waals surface area contributed by atoms with Gasteiger partial charge in [0.2, 0.25) is 5.95 Å². The Hall–Kier alpha value is -3.07. The number of benzene rings is 2. The second-order valence-corrected chi connectivity index (χ2v) is 7.27. The number of anilines is 1. The first-order valence-corrected chi connectivity index (χ1v) is 10.4. The maximum atomic E-state index is 12.7. The number of hydrogen-bond donors (Lipinski definition) is 2. The molecular weight excluding hydrogens is 452 g/mol. The summed E-state index contributed by atoms with van der Waals surface area (Å²) in [6.07, 6.45) is 0.847. The van der Waals surface area contributed by atoms with Crippen LogP contribution in [-0.4, -0.2) is 29.2 Å². The van der Waals surface area contributed by atoms with Crippen molar-refractivity contribution in [2.45, 2.75) is 26.8 Å². The average Bonchev–Trinajstić information content (AvgIpc) is 2.76. The normalized spacial score (nSPS) is 10.7. The summed E-state index contributed by atoms with van der Waals surface area (Å²) in [5, 5.41) is 0.521. The number of ether oxygens (including phenoxy) is 2. The number of rotatable bonds is 8. The number of hydrazine groups is 1. The molecule has 0 spiro atoms. The number of carbonyl (C=O) groups is 1. The van der Waals surface area contributed by atoms with Crippen molar-refractivity contribution < 1.29 is 14.3 Å². The molecule has 0 aliphatic rings. The second kappa shape index (κ2) is 9.62. The van der Waals surface area contributed by atoms with E-state index in [9.17, 15) is 9.59 Å². The minimum Gasteiger partial charge on any atom is -0.493 e. The van der Waals surface area contributed by atoms with Gasteiger partial charge in [-0.15, -0.1) is 0 Å². The standard InChI is InChI=1S/C21H23BrN4O4/c1-4-10-30-18-15(22)11-13(12-17(18)29-3)19(27)24-25-21-23-16-9-7-6-8-14(16)20(28)26(21)5-2/h6-9,11-12H,4-5,10H2,1-3H3,(H,23,25)(H,24,27). The lowest BCUT2D eigenvalue weighted by Crippen LogP contribution is -2.34. The molecule has 0 saturated carbocycles. The molecule has 0 aliphatic heterocycles. The molecule has 3 rings (SSSR count). The highest BCUT2D eigenvalue weighted by atomic mass is 79.9. The summed E-state index contributed by atoms with van der Waals surface area (Å²) in [5.41, 5.74) is 6.08. The van der Waals surface area contributed by atoms with Gasteiger partial charge in [-0.25, -0.2) is 4.98 Å². The van der Waals surface area contributed by atoms with E-state index in [1.807, 2.05) is 13.8 Å². The summed E-state index contributed by atoms with van der Waals surface area (Å²) in [6.45, 7) is 4.77. The number of nitrogens with zero attached hydrogens (tertiary/aromatic N) is 2. The van der Waals surface area contributed by atoms with Crippen molar-refractivity contribution in [1.29, 1.82) is 0 Å². The van der Waals surface area contributed by atoms with E-state index in [1.54, 1.807) is 36.4 Å². The number of methoxy groups -OCH3 is 1. The molecule has 3 aromatic rings. The number of carbonyl (C=O) groups excluding carboxylic acids is 1. The minimum absolute atomic E-state index is 0.179. The van der Waals surface area contributed by atoms with Crippen LogP contribution >= 0.6 is 15.9 Å². The molecule has 2 N–H and O–H groups in total. The van der Waals surface area contributed by atoms with Gasteiger partial charge in [-0.05, 0) is 53.5 Å². The van der Waals surface area contributed by atoms with Gasteiger partial charge in [0.25, 0.3) is 11.5 Å². The third-order valence-corrected chi connectivity index (χ3v) is 5.00. The number of fused-ring (bicyclic) bond motifs is 1. The van der Waals surface area contributed by atoms with E-state index in [-0.39, 0.29) is 11.5 Å². The fourth-order valence-electron chi connectivity index (χ4n) is 2.94. The Bertz CT molecular complexity index is 1130. The number of nitrogens with one attached hydrogen (secondary N) is 2. The zero-order valence-electron chi connectivity index (χ0n) is 17.0. The van der Waals surface area contributed by atoms with Gasteiger partial charge >= 0.3 is 0 Å². The number of amides is 1. The molecule has 0 bridgehead atoms. The Balaban J connectivity index is 1.85. The molecule has 8 nitrogen and oxygen atoms in total. The van der Waals surface area contributed by atoms with E-state index >= 15 is 0 Å². The monoisotopic (exact) mass is 474 g/mol. The van der Waals surface area contributed by atoms with Crippen LogP contribution in [0.1, 0.15) is 30.6 Å². The fraction of sp³-hybridized carbons (Fsp3) is 0.286. The molecule has 1 amide bonds. The van der Waals surface area contributed by atoms with Gasteiger partial charge in [0, 0.05) is 12.1 Å². The molecule has 0 atom stereocenters. The van der Waals surface area contributed by atoms with Crippen LogP contribution in [0.5, 0.6) is 11.5 Å². The highest BCUT2D eigenvalue weighted by molar-refractivity contribution is 9.10. The quantitative estimate of drug-likeness (QED) is 0.483. The molecule has 0 radical (unpaired) electrons. The Morgan fingerprint density at radius 3 is 2.70 bits per heavy atom. The van der Waals surface area contributed by atoms with E-state index in [0.29, 0.717) is 45.6 Å². The first kappa shape index (κ1) is 21.6. The first-order chi connectivity index (χ1) is 14.5. The zero-order valence-corrected chi connectivity index (χ0v) is 18.6. The minimum atomic E-state index is -0.416. The van der Waals surface area contributed by atoms with E-state index in [4.69, 9.17) is 9.47 Å². The molecule has 0 unspecified atom stereocenters.